The number of carbonyl (C=O) groups is 2. The van der Waals surface area contributed by atoms with Crippen LogP contribution in [0.2, 0.25) is 5.02 Å². The maximum atomic E-state index is 12.6. The van der Waals surface area contributed by atoms with Crippen molar-refractivity contribution < 1.29 is 14.3 Å². The van der Waals surface area contributed by atoms with Crippen LogP contribution in [0.5, 0.6) is 5.75 Å². The number of hydrogen-bond acceptors (Lipinski definition) is 4. The van der Waals surface area contributed by atoms with Crippen LogP contribution in [0.4, 0.5) is 5.69 Å². The number of primary amides is 1. The number of halogens is 1. The molecule has 1 aliphatic carbocycles. The van der Waals surface area contributed by atoms with Crippen LogP contribution in [0.25, 0.3) is 0 Å². The second kappa shape index (κ2) is 8.41. The van der Waals surface area contributed by atoms with Crippen molar-refractivity contribution >= 4 is 29.1 Å². The predicted molar refractivity (Wildman–Crippen MR) is 105 cm³/mol. The topological polar surface area (TPSA) is 84.7 Å². The highest BCUT2D eigenvalue weighted by molar-refractivity contribution is 6.31. The fourth-order valence-electron chi connectivity index (χ4n) is 2.91. The van der Waals surface area contributed by atoms with Crippen LogP contribution in [0.1, 0.15) is 28.8 Å². The van der Waals surface area contributed by atoms with Crippen LogP contribution < -0.4 is 15.8 Å². The number of ether oxygens (including phenoxy) is 1. The zero-order valence-electron chi connectivity index (χ0n) is 15.1. The highest BCUT2D eigenvalue weighted by Crippen LogP contribution is 2.30. The first-order valence-electron chi connectivity index (χ1n) is 8.72. The van der Waals surface area contributed by atoms with Gasteiger partial charge in [-0.15, -0.1) is 0 Å². The van der Waals surface area contributed by atoms with Gasteiger partial charge in [-0.05, 0) is 48.7 Å². The second-order valence-electron chi connectivity index (χ2n) is 6.59. The SMILES string of the molecule is COc1ccc(Cl)cc1NC(=O)CN(Cc1ccc(C(N)=O)cc1)C1CC1. The summed E-state index contributed by atoms with van der Waals surface area (Å²) in [6, 6.07) is 12.6. The van der Waals surface area contributed by atoms with Gasteiger partial charge in [-0.2, -0.15) is 0 Å². The Hall–Kier alpha value is -2.57. The first kappa shape index (κ1) is 19.2. The molecule has 1 aliphatic rings. The van der Waals surface area contributed by atoms with Gasteiger partial charge >= 0.3 is 0 Å². The first-order valence-corrected chi connectivity index (χ1v) is 9.10. The minimum Gasteiger partial charge on any atom is -0.495 e. The fraction of sp³-hybridized carbons (Fsp3) is 0.300. The van der Waals surface area contributed by atoms with Gasteiger partial charge in [0.25, 0.3) is 0 Å². The van der Waals surface area contributed by atoms with E-state index in [-0.39, 0.29) is 12.5 Å². The first-order chi connectivity index (χ1) is 13.0. The Balaban J connectivity index is 1.65. The molecule has 2 aromatic rings. The number of methoxy groups -OCH3 is 1. The summed E-state index contributed by atoms with van der Waals surface area (Å²) in [4.78, 5) is 25.9. The average Bonchev–Trinajstić information content (AvgIpc) is 3.47. The van der Waals surface area contributed by atoms with E-state index in [1.165, 1.54) is 0 Å². The number of nitrogens with one attached hydrogen (secondary N) is 1. The largest absolute Gasteiger partial charge is 0.495 e. The van der Waals surface area contributed by atoms with Gasteiger partial charge in [0.1, 0.15) is 5.75 Å². The molecule has 3 N–H and O–H groups in total. The Kier molecular flexibility index (Phi) is 5.98. The van der Waals surface area contributed by atoms with Gasteiger partial charge in [0.05, 0.1) is 19.3 Å². The zero-order chi connectivity index (χ0) is 19.4. The molecular weight excluding hydrogens is 366 g/mol. The molecule has 7 heteroatoms. The van der Waals surface area contributed by atoms with Gasteiger partial charge in [0.15, 0.2) is 0 Å². The van der Waals surface area contributed by atoms with Gasteiger partial charge in [-0.3, -0.25) is 14.5 Å². The van der Waals surface area contributed by atoms with Crippen molar-refractivity contribution in [3.8, 4) is 5.75 Å². The third kappa shape index (κ3) is 5.21. The summed E-state index contributed by atoms with van der Waals surface area (Å²) < 4.78 is 5.27. The van der Waals surface area contributed by atoms with E-state index in [0.29, 0.717) is 34.6 Å². The van der Waals surface area contributed by atoms with Gasteiger partial charge in [-0.25, -0.2) is 0 Å². The minimum absolute atomic E-state index is 0.128. The highest BCUT2D eigenvalue weighted by Gasteiger charge is 2.30. The van der Waals surface area contributed by atoms with Crippen molar-refractivity contribution in [2.24, 2.45) is 5.73 Å². The minimum atomic E-state index is -0.449. The van der Waals surface area contributed by atoms with Gasteiger partial charge < -0.3 is 15.8 Å². The zero-order valence-corrected chi connectivity index (χ0v) is 15.8. The molecule has 0 atom stereocenters. The molecule has 0 radical (unpaired) electrons. The Bertz CT molecular complexity index is 835. The molecule has 0 aliphatic heterocycles. The van der Waals surface area contributed by atoms with Crippen LogP contribution in [0.3, 0.4) is 0 Å². The summed E-state index contributed by atoms with van der Waals surface area (Å²) in [5, 5.41) is 3.40. The molecule has 3 rings (SSSR count). The van der Waals surface area contributed by atoms with Gasteiger partial charge in [-0.1, -0.05) is 23.7 Å². The van der Waals surface area contributed by atoms with Crippen molar-refractivity contribution in [1.82, 2.24) is 4.90 Å². The third-order valence-corrected chi connectivity index (χ3v) is 4.70. The monoisotopic (exact) mass is 387 g/mol. The third-order valence-electron chi connectivity index (χ3n) is 4.47. The normalized spacial score (nSPS) is 13.4. The van der Waals surface area contributed by atoms with Crippen LogP contribution in [0.15, 0.2) is 42.5 Å². The summed E-state index contributed by atoms with van der Waals surface area (Å²) in [6.07, 6.45) is 2.15. The maximum absolute atomic E-state index is 12.6. The van der Waals surface area contributed by atoms with Crippen molar-refractivity contribution in [2.75, 3.05) is 19.0 Å². The second-order valence-corrected chi connectivity index (χ2v) is 7.03. The highest BCUT2D eigenvalue weighted by atomic mass is 35.5. The summed E-state index contributed by atoms with van der Waals surface area (Å²) in [5.41, 5.74) is 7.33. The van der Waals surface area contributed by atoms with Crippen LogP contribution in [-0.4, -0.2) is 36.4 Å². The number of rotatable bonds is 8. The van der Waals surface area contributed by atoms with Crippen molar-refractivity contribution in [2.45, 2.75) is 25.4 Å². The quantitative estimate of drug-likeness (QED) is 0.729. The summed E-state index contributed by atoms with van der Waals surface area (Å²) >= 11 is 6.02. The summed E-state index contributed by atoms with van der Waals surface area (Å²) in [7, 11) is 1.55. The number of carbonyl (C=O) groups excluding carboxylic acids is 2. The molecule has 2 amide bonds. The van der Waals surface area contributed by atoms with Crippen LogP contribution in [0, 0.1) is 0 Å². The van der Waals surface area contributed by atoms with Crippen LogP contribution in [-0.2, 0) is 11.3 Å². The molecule has 1 saturated carbocycles. The Morgan fingerprint density at radius 1 is 1.22 bits per heavy atom. The molecule has 142 valence electrons. The molecule has 0 heterocycles. The van der Waals surface area contributed by atoms with E-state index in [0.717, 1.165) is 18.4 Å². The van der Waals surface area contributed by atoms with Crippen molar-refractivity contribution in [1.29, 1.82) is 0 Å². The lowest BCUT2D eigenvalue weighted by atomic mass is 10.1. The fourth-order valence-corrected chi connectivity index (χ4v) is 3.09. The van der Waals surface area contributed by atoms with E-state index >= 15 is 0 Å². The number of nitrogens with zero attached hydrogens (tertiary/aromatic N) is 1. The molecule has 0 aromatic heterocycles. The van der Waals surface area contributed by atoms with E-state index in [1.807, 2.05) is 12.1 Å². The van der Waals surface area contributed by atoms with Gasteiger partial charge in [0.2, 0.25) is 11.8 Å². The Morgan fingerprint density at radius 2 is 1.93 bits per heavy atom. The smallest absolute Gasteiger partial charge is 0.248 e. The van der Waals surface area contributed by atoms with Crippen molar-refractivity contribution in [3.63, 3.8) is 0 Å². The Morgan fingerprint density at radius 3 is 2.52 bits per heavy atom. The molecular formula is C20H22ClN3O3. The molecule has 2 aromatic carbocycles. The van der Waals surface area contributed by atoms with E-state index < -0.39 is 5.91 Å². The number of benzene rings is 2. The molecule has 1 fully saturated rings. The maximum Gasteiger partial charge on any atom is 0.248 e. The molecule has 0 saturated heterocycles. The van der Waals surface area contributed by atoms with Crippen LogP contribution >= 0.6 is 11.6 Å². The standard InChI is InChI=1S/C20H22ClN3O3/c1-27-18-9-6-15(21)10-17(18)23-19(25)12-24(16-7-8-16)11-13-2-4-14(5-3-13)20(22)26/h2-6,9-10,16H,7-8,11-12H2,1H3,(H2,22,26)(H,23,25). The number of hydrogen-bond donors (Lipinski definition) is 2. The van der Waals surface area contributed by atoms with E-state index in [4.69, 9.17) is 22.1 Å². The van der Waals surface area contributed by atoms with Crippen molar-refractivity contribution in [3.05, 3.63) is 58.6 Å². The number of amides is 2. The molecule has 27 heavy (non-hydrogen) atoms. The lowest BCUT2D eigenvalue weighted by Crippen LogP contribution is -2.34. The number of nitrogens with two attached hydrogens (primary N) is 1. The van der Waals surface area contributed by atoms with E-state index in [9.17, 15) is 9.59 Å². The predicted octanol–water partition coefficient (Wildman–Crippen LogP) is 3.05. The summed E-state index contributed by atoms with van der Waals surface area (Å²) in [6.45, 7) is 0.891. The molecule has 0 bridgehead atoms. The lowest BCUT2D eigenvalue weighted by Gasteiger charge is -2.22. The molecule has 0 unspecified atom stereocenters. The molecule has 6 nitrogen and oxygen atoms in total. The number of anilines is 1. The summed E-state index contributed by atoms with van der Waals surface area (Å²) in [5.74, 6) is -0.0144. The van der Waals surface area contributed by atoms with Gasteiger partial charge in [0, 0.05) is 23.2 Å². The average molecular weight is 388 g/mol. The van der Waals surface area contributed by atoms with E-state index in [2.05, 4.69) is 10.2 Å². The Labute approximate surface area is 163 Å². The molecule has 0 spiro atoms. The lowest BCUT2D eigenvalue weighted by molar-refractivity contribution is -0.117. The van der Waals surface area contributed by atoms with E-state index in [1.54, 1.807) is 37.4 Å².